The lowest BCUT2D eigenvalue weighted by Gasteiger charge is -2.05. The zero-order valence-corrected chi connectivity index (χ0v) is 10.6. The number of fused-ring (bicyclic) bond motifs is 1. The van der Waals surface area contributed by atoms with E-state index in [0.717, 1.165) is 12.1 Å². The molecule has 96 valence electrons. The molecule has 0 spiro atoms. The Hall–Kier alpha value is -1.97. The standard InChI is InChI=1S/C14H18N2O2/c1-2-3-4-7-17-12-9-16-13-8-11(15)5-6-14(13)18-10-12/h5-6,8-10H,2-4,7,15H2,1H3. The first-order valence-electron chi connectivity index (χ1n) is 6.23. The largest absolute Gasteiger partial charge is 0.489 e. The molecular formula is C14H18N2O2. The summed E-state index contributed by atoms with van der Waals surface area (Å²) >= 11 is 0. The molecule has 1 heterocycles. The molecule has 1 aliphatic rings. The molecule has 0 aromatic heterocycles. The van der Waals surface area contributed by atoms with E-state index in [-0.39, 0.29) is 0 Å². The van der Waals surface area contributed by atoms with Crippen LogP contribution < -0.4 is 10.5 Å². The first kappa shape index (κ1) is 12.5. The van der Waals surface area contributed by atoms with Crippen LogP contribution in [0.2, 0.25) is 0 Å². The first-order valence-corrected chi connectivity index (χ1v) is 6.23. The van der Waals surface area contributed by atoms with Gasteiger partial charge in [-0.2, -0.15) is 0 Å². The van der Waals surface area contributed by atoms with Crippen molar-refractivity contribution in [3.05, 3.63) is 30.2 Å². The molecule has 1 aliphatic heterocycles. The molecule has 0 bridgehead atoms. The molecule has 4 nitrogen and oxygen atoms in total. The van der Waals surface area contributed by atoms with Gasteiger partial charge in [-0.25, -0.2) is 4.99 Å². The highest BCUT2D eigenvalue weighted by atomic mass is 16.5. The summed E-state index contributed by atoms with van der Waals surface area (Å²) in [6.07, 6.45) is 6.63. The third-order valence-corrected chi connectivity index (χ3v) is 2.63. The maximum atomic E-state index is 5.70. The van der Waals surface area contributed by atoms with E-state index in [2.05, 4.69) is 11.9 Å². The van der Waals surface area contributed by atoms with Gasteiger partial charge < -0.3 is 15.2 Å². The van der Waals surface area contributed by atoms with E-state index in [0.29, 0.717) is 23.8 Å². The molecule has 18 heavy (non-hydrogen) atoms. The lowest BCUT2D eigenvalue weighted by Crippen LogP contribution is -1.97. The quantitative estimate of drug-likeness (QED) is 0.639. The zero-order chi connectivity index (χ0) is 12.8. The van der Waals surface area contributed by atoms with Crippen LogP contribution in [-0.2, 0) is 4.74 Å². The highest BCUT2D eigenvalue weighted by molar-refractivity contribution is 5.81. The van der Waals surface area contributed by atoms with Crippen LogP contribution >= 0.6 is 0 Å². The van der Waals surface area contributed by atoms with Gasteiger partial charge in [-0.15, -0.1) is 0 Å². The van der Waals surface area contributed by atoms with Gasteiger partial charge >= 0.3 is 0 Å². The number of ether oxygens (including phenoxy) is 2. The molecule has 1 aromatic carbocycles. The van der Waals surface area contributed by atoms with Crippen molar-refractivity contribution in [2.45, 2.75) is 26.2 Å². The van der Waals surface area contributed by atoms with Gasteiger partial charge in [0, 0.05) is 5.69 Å². The number of aliphatic imine (C=N–C) groups is 1. The molecule has 0 radical (unpaired) electrons. The van der Waals surface area contributed by atoms with Crippen LogP contribution in [0.4, 0.5) is 11.4 Å². The lowest BCUT2D eigenvalue weighted by molar-refractivity contribution is 0.217. The van der Waals surface area contributed by atoms with E-state index in [4.69, 9.17) is 15.2 Å². The third kappa shape index (κ3) is 3.26. The summed E-state index contributed by atoms with van der Waals surface area (Å²) in [4.78, 5) is 4.30. The highest BCUT2D eigenvalue weighted by Gasteiger charge is 2.07. The van der Waals surface area contributed by atoms with Crippen LogP contribution in [0.3, 0.4) is 0 Å². The number of nitrogens with two attached hydrogens (primary N) is 1. The van der Waals surface area contributed by atoms with E-state index < -0.39 is 0 Å². The summed E-state index contributed by atoms with van der Waals surface area (Å²) in [5.74, 6) is 1.33. The number of hydrogen-bond donors (Lipinski definition) is 1. The fourth-order valence-corrected chi connectivity index (χ4v) is 1.63. The number of rotatable bonds is 5. The Morgan fingerprint density at radius 2 is 2.22 bits per heavy atom. The minimum Gasteiger partial charge on any atom is -0.489 e. The Balaban J connectivity index is 1.98. The number of nitrogen functional groups attached to an aromatic ring is 1. The fraction of sp³-hybridized carbons (Fsp3) is 0.357. The predicted molar refractivity (Wildman–Crippen MR) is 73.2 cm³/mol. The van der Waals surface area contributed by atoms with Crippen molar-refractivity contribution < 1.29 is 9.47 Å². The second-order valence-corrected chi connectivity index (χ2v) is 4.18. The Kier molecular flexibility index (Phi) is 4.23. The van der Waals surface area contributed by atoms with Crippen LogP contribution in [0.25, 0.3) is 0 Å². The number of hydrogen-bond acceptors (Lipinski definition) is 4. The Labute approximate surface area is 107 Å². The average Bonchev–Trinajstić information content (AvgIpc) is 2.57. The van der Waals surface area contributed by atoms with Gasteiger partial charge in [0.05, 0.1) is 12.8 Å². The van der Waals surface area contributed by atoms with Gasteiger partial charge in [0.1, 0.15) is 11.9 Å². The molecule has 0 atom stereocenters. The van der Waals surface area contributed by atoms with E-state index in [1.54, 1.807) is 30.7 Å². The average molecular weight is 246 g/mol. The van der Waals surface area contributed by atoms with Crippen molar-refractivity contribution in [3.63, 3.8) is 0 Å². The Bertz CT molecular complexity index is 467. The van der Waals surface area contributed by atoms with Gasteiger partial charge in [-0.1, -0.05) is 19.8 Å². The van der Waals surface area contributed by atoms with Crippen LogP contribution in [0.1, 0.15) is 26.2 Å². The number of unbranched alkanes of at least 4 members (excludes halogenated alkanes) is 2. The third-order valence-electron chi connectivity index (χ3n) is 2.63. The highest BCUT2D eigenvalue weighted by Crippen LogP contribution is 2.31. The van der Waals surface area contributed by atoms with Crippen LogP contribution in [0.15, 0.2) is 35.2 Å². The van der Waals surface area contributed by atoms with Crippen molar-refractivity contribution >= 4 is 17.6 Å². The number of benzene rings is 1. The minimum atomic E-state index is 0.640. The molecule has 2 N–H and O–H groups in total. The molecule has 2 rings (SSSR count). The smallest absolute Gasteiger partial charge is 0.172 e. The maximum Gasteiger partial charge on any atom is 0.172 e. The van der Waals surface area contributed by atoms with Crippen molar-refractivity contribution in [3.8, 4) is 5.75 Å². The maximum absolute atomic E-state index is 5.70. The van der Waals surface area contributed by atoms with Crippen LogP contribution in [0.5, 0.6) is 5.75 Å². The first-order chi connectivity index (χ1) is 8.79. The Morgan fingerprint density at radius 3 is 3.06 bits per heavy atom. The molecule has 0 aliphatic carbocycles. The van der Waals surface area contributed by atoms with Crippen molar-refractivity contribution in [1.82, 2.24) is 0 Å². The second kappa shape index (κ2) is 6.10. The van der Waals surface area contributed by atoms with Crippen molar-refractivity contribution in [1.29, 1.82) is 0 Å². The van der Waals surface area contributed by atoms with Crippen LogP contribution in [-0.4, -0.2) is 12.8 Å². The topological polar surface area (TPSA) is 56.8 Å². The minimum absolute atomic E-state index is 0.640. The lowest BCUT2D eigenvalue weighted by atomic mass is 10.2. The van der Waals surface area contributed by atoms with Gasteiger partial charge in [0.2, 0.25) is 0 Å². The van der Waals surface area contributed by atoms with Gasteiger partial charge in [0.15, 0.2) is 11.5 Å². The summed E-state index contributed by atoms with van der Waals surface area (Å²) in [7, 11) is 0. The molecule has 4 heteroatoms. The summed E-state index contributed by atoms with van der Waals surface area (Å²) in [6.45, 7) is 2.85. The fourth-order valence-electron chi connectivity index (χ4n) is 1.63. The van der Waals surface area contributed by atoms with E-state index in [1.807, 2.05) is 0 Å². The van der Waals surface area contributed by atoms with Crippen LogP contribution in [0, 0.1) is 0 Å². The summed E-state index contributed by atoms with van der Waals surface area (Å²) in [5.41, 5.74) is 7.09. The number of nitrogens with zero attached hydrogens (tertiary/aromatic N) is 1. The monoisotopic (exact) mass is 246 g/mol. The van der Waals surface area contributed by atoms with Gasteiger partial charge in [-0.3, -0.25) is 0 Å². The molecular weight excluding hydrogens is 228 g/mol. The van der Waals surface area contributed by atoms with Crippen molar-refractivity contribution in [2.24, 2.45) is 4.99 Å². The zero-order valence-electron chi connectivity index (χ0n) is 10.6. The molecule has 0 unspecified atom stereocenters. The summed E-state index contributed by atoms with van der Waals surface area (Å²) < 4.78 is 11.1. The van der Waals surface area contributed by atoms with Gasteiger partial charge in [-0.05, 0) is 24.6 Å². The Morgan fingerprint density at radius 1 is 1.33 bits per heavy atom. The predicted octanol–water partition coefficient (Wildman–Crippen LogP) is 3.41. The molecule has 0 saturated carbocycles. The number of allylic oxidation sites excluding steroid dienone is 1. The molecule has 0 amide bonds. The second-order valence-electron chi connectivity index (χ2n) is 4.18. The normalized spacial score (nSPS) is 13.3. The van der Waals surface area contributed by atoms with Crippen molar-refractivity contribution in [2.75, 3.05) is 12.3 Å². The van der Waals surface area contributed by atoms with E-state index in [9.17, 15) is 0 Å². The SMILES string of the molecule is CCCCCOC1=COc2ccc(N)cc2N=C1. The summed E-state index contributed by atoms with van der Waals surface area (Å²) in [5, 5.41) is 0. The van der Waals surface area contributed by atoms with Gasteiger partial charge in [0.25, 0.3) is 0 Å². The summed E-state index contributed by atoms with van der Waals surface area (Å²) in [6, 6.07) is 5.37. The molecule has 0 saturated heterocycles. The number of anilines is 1. The molecule has 1 aromatic rings. The van der Waals surface area contributed by atoms with E-state index >= 15 is 0 Å². The van der Waals surface area contributed by atoms with E-state index in [1.165, 1.54) is 12.8 Å². The molecule has 0 fully saturated rings.